The minimum absolute atomic E-state index is 0.318. The molecular weight excluding hydrogens is 268 g/mol. The molecule has 0 radical (unpaired) electrons. The number of nitrogens with zero attached hydrogens (tertiary/aromatic N) is 2. The number of carboxylic acid groups (broad SMARTS) is 1. The summed E-state index contributed by atoms with van der Waals surface area (Å²) in [6, 6.07) is 0. The Morgan fingerprint density at radius 2 is 2.37 bits per heavy atom. The van der Waals surface area contributed by atoms with E-state index in [4.69, 9.17) is 16.3 Å². The van der Waals surface area contributed by atoms with Gasteiger partial charge in [-0.15, -0.1) is 0 Å². The van der Waals surface area contributed by atoms with Gasteiger partial charge in [-0.2, -0.15) is 5.10 Å². The van der Waals surface area contributed by atoms with E-state index >= 15 is 0 Å². The van der Waals surface area contributed by atoms with E-state index in [9.17, 15) is 9.90 Å². The lowest BCUT2D eigenvalue weighted by atomic mass is 9.77. The summed E-state index contributed by atoms with van der Waals surface area (Å²) in [7, 11) is 1.80. The molecule has 1 aliphatic rings. The van der Waals surface area contributed by atoms with Crippen molar-refractivity contribution in [1.29, 1.82) is 0 Å². The number of hydrogen-bond donors (Lipinski definition) is 1. The summed E-state index contributed by atoms with van der Waals surface area (Å²) < 4.78 is 7.15. The third kappa shape index (κ3) is 2.25. The van der Waals surface area contributed by atoms with Gasteiger partial charge >= 0.3 is 5.97 Å². The van der Waals surface area contributed by atoms with Crippen LogP contribution in [0.3, 0.4) is 0 Å². The Bertz CT molecular complexity index is 500. The molecule has 0 aliphatic carbocycles. The van der Waals surface area contributed by atoms with Crippen molar-refractivity contribution >= 4 is 17.6 Å². The first-order chi connectivity index (χ1) is 8.92. The molecule has 2 unspecified atom stereocenters. The number of rotatable bonds is 4. The monoisotopic (exact) mass is 286 g/mol. The summed E-state index contributed by atoms with van der Waals surface area (Å²) in [5.41, 5.74) is 0.687. The average molecular weight is 287 g/mol. The van der Waals surface area contributed by atoms with Gasteiger partial charge in [0.15, 0.2) is 0 Å². The molecule has 0 spiro atoms. The highest BCUT2D eigenvalue weighted by atomic mass is 35.5. The maximum atomic E-state index is 11.7. The van der Waals surface area contributed by atoms with Crippen LogP contribution in [0.1, 0.15) is 31.7 Å². The summed E-state index contributed by atoms with van der Waals surface area (Å²) >= 11 is 6.31. The van der Waals surface area contributed by atoms with Crippen LogP contribution >= 0.6 is 11.6 Å². The number of hydrogen-bond acceptors (Lipinski definition) is 3. The molecule has 1 aromatic rings. The summed E-state index contributed by atoms with van der Waals surface area (Å²) in [6.07, 6.45) is 1.28. The van der Waals surface area contributed by atoms with Crippen LogP contribution in [0.25, 0.3) is 0 Å². The van der Waals surface area contributed by atoms with Crippen molar-refractivity contribution in [2.24, 2.45) is 12.5 Å². The quantitative estimate of drug-likeness (QED) is 0.920. The molecule has 2 rings (SSSR count). The lowest BCUT2D eigenvalue weighted by Crippen LogP contribution is -2.40. The molecule has 1 saturated heterocycles. The Labute approximate surface area is 117 Å². The van der Waals surface area contributed by atoms with E-state index in [1.54, 1.807) is 11.7 Å². The van der Waals surface area contributed by atoms with E-state index < -0.39 is 11.4 Å². The Kier molecular flexibility index (Phi) is 3.87. The van der Waals surface area contributed by atoms with Crippen LogP contribution in [0, 0.1) is 5.41 Å². The van der Waals surface area contributed by atoms with E-state index in [2.05, 4.69) is 5.10 Å². The maximum Gasteiger partial charge on any atom is 0.312 e. The standard InChI is InChI=1S/C13H19ClN2O3/c1-4-9-11(14)10(16(3)15-9)7-13(12(17)18)5-6-19-8(13)2/h8H,4-7H2,1-3H3,(H,17,18). The molecule has 0 saturated carbocycles. The minimum Gasteiger partial charge on any atom is -0.481 e. The van der Waals surface area contributed by atoms with Gasteiger partial charge in [0.1, 0.15) is 5.41 Å². The van der Waals surface area contributed by atoms with Crippen LogP contribution < -0.4 is 0 Å². The third-order valence-corrected chi connectivity index (χ3v) is 4.54. The SMILES string of the molecule is CCc1nn(C)c(CC2(C(=O)O)CCOC2C)c1Cl. The summed E-state index contributed by atoms with van der Waals surface area (Å²) in [6.45, 7) is 4.27. The molecule has 1 fully saturated rings. The van der Waals surface area contributed by atoms with E-state index in [-0.39, 0.29) is 6.10 Å². The van der Waals surface area contributed by atoms with Gasteiger partial charge in [0.25, 0.3) is 0 Å². The van der Waals surface area contributed by atoms with Gasteiger partial charge in [-0.3, -0.25) is 9.48 Å². The second kappa shape index (κ2) is 5.13. The van der Waals surface area contributed by atoms with Crippen LogP contribution in [0.15, 0.2) is 0 Å². The van der Waals surface area contributed by atoms with Crippen LogP contribution in [0.5, 0.6) is 0 Å². The highest BCUT2D eigenvalue weighted by molar-refractivity contribution is 6.31. The normalized spacial score (nSPS) is 26.8. The van der Waals surface area contributed by atoms with Crippen molar-refractivity contribution < 1.29 is 14.6 Å². The molecular formula is C13H19ClN2O3. The first-order valence-corrected chi connectivity index (χ1v) is 6.85. The molecule has 19 heavy (non-hydrogen) atoms. The van der Waals surface area contributed by atoms with Gasteiger partial charge in [-0.25, -0.2) is 0 Å². The molecule has 0 bridgehead atoms. The third-order valence-electron chi connectivity index (χ3n) is 4.11. The highest BCUT2D eigenvalue weighted by Gasteiger charge is 2.49. The highest BCUT2D eigenvalue weighted by Crippen LogP contribution is 2.40. The Balaban J connectivity index is 2.38. The predicted molar refractivity (Wildman–Crippen MR) is 71.4 cm³/mol. The number of aromatic nitrogens is 2. The van der Waals surface area contributed by atoms with Crippen LogP contribution in [0.2, 0.25) is 5.02 Å². The van der Waals surface area contributed by atoms with E-state index in [0.29, 0.717) is 24.5 Å². The van der Waals surface area contributed by atoms with Crippen LogP contribution in [-0.2, 0) is 29.4 Å². The fourth-order valence-electron chi connectivity index (χ4n) is 2.68. The Morgan fingerprint density at radius 1 is 1.68 bits per heavy atom. The minimum atomic E-state index is -0.900. The Hall–Kier alpha value is -1.07. The van der Waals surface area contributed by atoms with Crippen molar-refractivity contribution in [2.45, 2.75) is 39.2 Å². The van der Waals surface area contributed by atoms with Crippen molar-refractivity contribution in [1.82, 2.24) is 9.78 Å². The first-order valence-electron chi connectivity index (χ1n) is 6.47. The molecule has 1 aliphatic heterocycles. The number of halogens is 1. The maximum absolute atomic E-state index is 11.7. The molecule has 5 nitrogen and oxygen atoms in total. The fraction of sp³-hybridized carbons (Fsp3) is 0.692. The predicted octanol–water partition coefficient (Wildman–Crippen LogP) is 2.06. The summed E-state index contributed by atoms with van der Waals surface area (Å²) in [5, 5.41) is 14.5. The second-order valence-electron chi connectivity index (χ2n) is 5.09. The van der Waals surface area contributed by atoms with Gasteiger partial charge in [-0.1, -0.05) is 18.5 Å². The van der Waals surface area contributed by atoms with Crippen molar-refractivity contribution in [3.8, 4) is 0 Å². The van der Waals surface area contributed by atoms with Gasteiger partial charge in [0.05, 0.1) is 22.5 Å². The molecule has 0 aromatic carbocycles. The summed E-state index contributed by atoms with van der Waals surface area (Å²) in [4.78, 5) is 11.7. The van der Waals surface area contributed by atoms with Crippen molar-refractivity contribution in [3.05, 3.63) is 16.4 Å². The van der Waals surface area contributed by atoms with Gasteiger partial charge in [-0.05, 0) is 19.8 Å². The number of aliphatic carboxylic acids is 1. The van der Waals surface area contributed by atoms with Crippen LogP contribution in [-0.4, -0.2) is 33.6 Å². The molecule has 0 amide bonds. The zero-order chi connectivity index (χ0) is 14.2. The molecule has 1 N–H and O–H groups in total. The largest absolute Gasteiger partial charge is 0.481 e. The first kappa shape index (κ1) is 14.3. The number of aryl methyl sites for hydroxylation is 2. The molecule has 2 atom stereocenters. The lowest BCUT2D eigenvalue weighted by molar-refractivity contribution is -0.151. The average Bonchev–Trinajstić information content (AvgIpc) is 2.85. The van der Waals surface area contributed by atoms with Gasteiger partial charge in [0, 0.05) is 20.1 Å². The molecule has 6 heteroatoms. The Morgan fingerprint density at radius 3 is 2.79 bits per heavy atom. The summed E-state index contributed by atoms with van der Waals surface area (Å²) in [5.74, 6) is -0.826. The van der Waals surface area contributed by atoms with Crippen molar-refractivity contribution in [3.63, 3.8) is 0 Å². The van der Waals surface area contributed by atoms with Gasteiger partial charge in [0.2, 0.25) is 0 Å². The number of carboxylic acids is 1. The zero-order valence-electron chi connectivity index (χ0n) is 11.4. The smallest absolute Gasteiger partial charge is 0.312 e. The van der Waals surface area contributed by atoms with Crippen molar-refractivity contribution in [2.75, 3.05) is 6.61 Å². The van der Waals surface area contributed by atoms with E-state index in [1.807, 2.05) is 13.8 Å². The molecule has 2 heterocycles. The topological polar surface area (TPSA) is 64.4 Å². The van der Waals surface area contributed by atoms with Gasteiger partial charge < -0.3 is 9.84 Å². The molecule has 1 aromatic heterocycles. The van der Waals surface area contributed by atoms with E-state index in [1.165, 1.54) is 0 Å². The lowest BCUT2D eigenvalue weighted by Gasteiger charge is -2.27. The number of carbonyl (C=O) groups is 1. The van der Waals surface area contributed by atoms with Crippen LogP contribution in [0.4, 0.5) is 0 Å². The molecule has 106 valence electrons. The second-order valence-corrected chi connectivity index (χ2v) is 5.46. The fourth-order valence-corrected chi connectivity index (χ4v) is 3.04. The van der Waals surface area contributed by atoms with E-state index in [0.717, 1.165) is 17.8 Å². The number of ether oxygens (including phenoxy) is 1. The zero-order valence-corrected chi connectivity index (χ0v) is 12.2.